The molecule has 0 aromatic carbocycles. The van der Waals surface area contributed by atoms with Crippen molar-refractivity contribution in [3.8, 4) is 0 Å². The van der Waals surface area contributed by atoms with Gasteiger partial charge in [0.2, 0.25) is 0 Å². The van der Waals surface area contributed by atoms with Gasteiger partial charge >= 0.3 is 0 Å². The highest BCUT2D eigenvalue weighted by atomic mass is 32.2. The maximum absolute atomic E-state index is 11.3. The zero-order valence-corrected chi connectivity index (χ0v) is 11.4. The van der Waals surface area contributed by atoms with Gasteiger partial charge in [-0.15, -0.1) is 0 Å². The molecule has 1 aromatic heterocycles. The topological polar surface area (TPSA) is 62.3 Å². The van der Waals surface area contributed by atoms with Crippen LogP contribution in [-0.4, -0.2) is 49.4 Å². The summed E-state index contributed by atoms with van der Waals surface area (Å²) in [5.74, 6) is 0.528. The number of rotatable bonds is 4. The van der Waals surface area contributed by atoms with E-state index in [0.717, 1.165) is 24.5 Å². The molecule has 1 fully saturated rings. The van der Waals surface area contributed by atoms with Crippen molar-refractivity contribution in [2.45, 2.75) is 13.5 Å². The van der Waals surface area contributed by atoms with Crippen molar-refractivity contribution in [3.63, 3.8) is 0 Å². The summed E-state index contributed by atoms with van der Waals surface area (Å²) in [6.07, 6.45) is 1.79. The third kappa shape index (κ3) is 3.68. The molecule has 0 unspecified atom stereocenters. The van der Waals surface area contributed by atoms with Gasteiger partial charge in [-0.2, -0.15) is 0 Å². The molecular weight excluding hydrogens is 250 g/mol. The van der Waals surface area contributed by atoms with Gasteiger partial charge in [0.25, 0.3) is 0 Å². The van der Waals surface area contributed by atoms with Crippen LogP contribution in [0.4, 0.5) is 5.69 Å². The highest BCUT2D eigenvalue weighted by Crippen LogP contribution is 2.12. The van der Waals surface area contributed by atoms with Crippen molar-refractivity contribution in [1.29, 1.82) is 0 Å². The van der Waals surface area contributed by atoms with Gasteiger partial charge in [0.15, 0.2) is 9.84 Å². The van der Waals surface area contributed by atoms with E-state index in [1.807, 2.05) is 12.1 Å². The summed E-state index contributed by atoms with van der Waals surface area (Å²) in [6, 6.07) is 3.96. The molecule has 100 valence electrons. The van der Waals surface area contributed by atoms with E-state index in [9.17, 15) is 8.42 Å². The lowest BCUT2D eigenvalue weighted by atomic mass is 10.3. The first kappa shape index (κ1) is 13.3. The van der Waals surface area contributed by atoms with Crippen molar-refractivity contribution in [2.24, 2.45) is 0 Å². The molecule has 0 aliphatic carbocycles. The summed E-state index contributed by atoms with van der Waals surface area (Å²) >= 11 is 0. The van der Waals surface area contributed by atoms with E-state index in [1.165, 1.54) is 0 Å². The molecule has 1 aliphatic rings. The van der Waals surface area contributed by atoms with Crippen LogP contribution in [0.3, 0.4) is 0 Å². The monoisotopic (exact) mass is 269 g/mol. The Balaban J connectivity index is 1.95. The summed E-state index contributed by atoms with van der Waals surface area (Å²) in [4.78, 5) is 6.46. The van der Waals surface area contributed by atoms with Crippen molar-refractivity contribution in [2.75, 3.05) is 36.5 Å². The third-order valence-corrected chi connectivity index (χ3v) is 4.63. The average molecular weight is 269 g/mol. The average Bonchev–Trinajstić information content (AvgIpc) is 2.33. The molecule has 0 radical (unpaired) electrons. The Morgan fingerprint density at radius 3 is 2.78 bits per heavy atom. The molecule has 1 aliphatic heterocycles. The second kappa shape index (κ2) is 5.67. The zero-order chi connectivity index (χ0) is 13.0. The van der Waals surface area contributed by atoms with Gasteiger partial charge in [-0.25, -0.2) is 8.42 Å². The van der Waals surface area contributed by atoms with Crippen molar-refractivity contribution in [3.05, 3.63) is 24.0 Å². The standard InChI is InChI=1S/C12H19N3O2S/c1-2-13-11-3-4-14-12(9-11)10-15-5-7-18(16,17)8-6-15/h3-4,9H,2,5-8,10H2,1H3,(H,13,14). The number of pyridine rings is 1. The Labute approximate surface area is 108 Å². The van der Waals surface area contributed by atoms with E-state index >= 15 is 0 Å². The van der Waals surface area contributed by atoms with Gasteiger partial charge in [-0.05, 0) is 19.1 Å². The fraction of sp³-hybridized carbons (Fsp3) is 0.583. The molecule has 0 saturated carbocycles. The molecule has 2 rings (SSSR count). The molecule has 1 N–H and O–H groups in total. The SMILES string of the molecule is CCNc1ccnc(CN2CCS(=O)(=O)CC2)c1. The molecule has 0 atom stereocenters. The van der Waals surface area contributed by atoms with Crippen LogP contribution in [0.15, 0.2) is 18.3 Å². The molecule has 18 heavy (non-hydrogen) atoms. The molecule has 6 heteroatoms. The molecule has 5 nitrogen and oxygen atoms in total. The normalized spacial score (nSPS) is 19.6. The van der Waals surface area contributed by atoms with E-state index in [4.69, 9.17) is 0 Å². The molecule has 1 saturated heterocycles. The Hall–Kier alpha value is -1.14. The highest BCUT2D eigenvalue weighted by molar-refractivity contribution is 7.91. The summed E-state index contributed by atoms with van der Waals surface area (Å²) in [5, 5.41) is 3.24. The summed E-state index contributed by atoms with van der Waals surface area (Å²) in [6.45, 7) is 4.86. The molecule has 0 spiro atoms. The van der Waals surface area contributed by atoms with Crippen LogP contribution < -0.4 is 5.32 Å². The second-order valence-electron chi connectivity index (χ2n) is 4.49. The van der Waals surface area contributed by atoms with Gasteiger partial charge in [-0.1, -0.05) is 0 Å². The number of anilines is 1. The maximum atomic E-state index is 11.3. The minimum absolute atomic E-state index is 0.264. The number of hydrogen-bond acceptors (Lipinski definition) is 5. The first-order valence-electron chi connectivity index (χ1n) is 6.20. The van der Waals surface area contributed by atoms with Crippen LogP contribution in [0, 0.1) is 0 Å². The van der Waals surface area contributed by atoms with Gasteiger partial charge in [0.1, 0.15) is 0 Å². The minimum atomic E-state index is -2.80. The fourth-order valence-corrected chi connectivity index (χ4v) is 3.29. The largest absolute Gasteiger partial charge is 0.385 e. The second-order valence-corrected chi connectivity index (χ2v) is 6.80. The van der Waals surface area contributed by atoms with Crippen LogP contribution in [0.2, 0.25) is 0 Å². The van der Waals surface area contributed by atoms with Gasteiger partial charge in [0, 0.05) is 38.1 Å². The Morgan fingerprint density at radius 1 is 1.39 bits per heavy atom. The summed E-state index contributed by atoms with van der Waals surface area (Å²) < 4.78 is 22.7. The van der Waals surface area contributed by atoms with Crippen molar-refractivity contribution >= 4 is 15.5 Å². The predicted molar refractivity (Wildman–Crippen MR) is 72.3 cm³/mol. The first-order valence-corrected chi connectivity index (χ1v) is 8.03. The highest BCUT2D eigenvalue weighted by Gasteiger charge is 2.21. The number of sulfone groups is 1. The van der Waals surface area contributed by atoms with Crippen LogP contribution >= 0.6 is 0 Å². The van der Waals surface area contributed by atoms with Gasteiger partial charge in [0.05, 0.1) is 17.2 Å². The third-order valence-electron chi connectivity index (χ3n) is 3.02. The molecule has 2 heterocycles. The number of nitrogens with one attached hydrogen (secondary N) is 1. The van der Waals surface area contributed by atoms with E-state index in [0.29, 0.717) is 13.1 Å². The van der Waals surface area contributed by atoms with Crippen LogP contribution in [0.1, 0.15) is 12.6 Å². The van der Waals surface area contributed by atoms with Crippen molar-refractivity contribution in [1.82, 2.24) is 9.88 Å². The lowest BCUT2D eigenvalue weighted by Gasteiger charge is -2.26. The van der Waals surface area contributed by atoms with Crippen molar-refractivity contribution < 1.29 is 8.42 Å². The van der Waals surface area contributed by atoms with E-state index in [1.54, 1.807) is 6.20 Å². The Morgan fingerprint density at radius 2 is 2.11 bits per heavy atom. The van der Waals surface area contributed by atoms with Gasteiger partial charge < -0.3 is 5.32 Å². The predicted octanol–water partition coefficient (Wildman–Crippen LogP) is 0.744. The number of aromatic nitrogens is 1. The zero-order valence-electron chi connectivity index (χ0n) is 10.6. The quantitative estimate of drug-likeness (QED) is 0.873. The molecule has 0 amide bonds. The van der Waals surface area contributed by atoms with E-state index in [-0.39, 0.29) is 11.5 Å². The van der Waals surface area contributed by atoms with Crippen LogP contribution in [0.5, 0.6) is 0 Å². The lowest BCUT2D eigenvalue weighted by Crippen LogP contribution is -2.39. The number of hydrogen-bond donors (Lipinski definition) is 1. The fourth-order valence-electron chi connectivity index (χ4n) is 2.02. The lowest BCUT2D eigenvalue weighted by molar-refractivity contribution is 0.284. The molecule has 0 bridgehead atoms. The first-order chi connectivity index (χ1) is 8.59. The summed E-state index contributed by atoms with van der Waals surface area (Å²) in [5.41, 5.74) is 2.04. The minimum Gasteiger partial charge on any atom is -0.385 e. The van der Waals surface area contributed by atoms with E-state index < -0.39 is 9.84 Å². The molecule has 1 aromatic rings. The number of nitrogens with zero attached hydrogens (tertiary/aromatic N) is 2. The smallest absolute Gasteiger partial charge is 0.152 e. The van der Waals surface area contributed by atoms with Gasteiger partial charge in [-0.3, -0.25) is 9.88 Å². The van der Waals surface area contributed by atoms with E-state index in [2.05, 4.69) is 22.1 Å². The molecular formula is C12H19N3O2S. The maximum Gasteiger partial charge on any atom is 0.152 e. The summed E-state index contributed by atoms with van der Waals surface area (Å²) in [7, 11) is -2.80. The Kier molecular flexibility index (Phi) is 4.19. The van der Waals surface area contributed by atoms with Crippen LogP contribution in [-0.2, 0) is 16.4 Å². The Bertz CT molecular complexity index is 488. The van der Waals surface area contributed by atoms with Crippen LogP contribution in [0.25, 0.3) is 0 Å².